The number of aliphatic hydroxyl groups is 1. The van der Waals surface area contributed by atoms with Crippen molar-refractivity contribution in [2.45, 2.75) is 31.5 Å². The predicted octanol–water partition coefficient (Wildman–Crippen LogP) is 4.51. The van der Waals surface area contributed by atoms with Crippen LogP contribution in [0.5, 0.6) is 5.75 Å². The summed E-state index contributed by atoms with van der Waals surface area (Å²) in [5, 5.41) is 10.6. The number of aliphatic hydroxyl groups excluding tert-OH is 1. The Bertz CT molecular complexity index is 1050. The molecule has 3 atom stereocenters. The number of methoxy groups -OCH3 is 1. The predicted molar refractivity (Wildman–Crippen MR) is 122 cm³/mol. The van der Waals surface area contributed by atoms with Crippen LogP contribution < -0.4 is 15.4 Å². The van der Waals surface area contributed by atoms with Gasteiger partial charge in [0, 0.05) is 12.2 Å². The summed E-state index contributed by atoms with van der Waals surface area (Å²) in [4.78, 5) is 15.0. The summed E-state index contributed by atoms with van der Waals surface area (Å²) in [6, 6.07) is 21.1. The zero-order valence-corrected chi connectivity index (χ0v) is 17.9. The molecule has 0 saturated carbocycles. The number of anilines is 1. The number of carbonyl (C=O) groups excluding carboxylic acids is 1. The molecule has 0 spiro atoms. The van der Waals surface area contributed by atoms with Crippen molar-refractivity contribution >= 4 is 11.6 Å². The maximum Gasteiger partial charge on any atom is 0.233 e. The number of benzene rings is 3. The molecular weight excluding hydrogens is 407 g/mol. The Kier molecular flexibility index (Phi) is 6.53. The van der Waals surface area contributed by atoms with Crippen LogP contribution in [0.4, 0.5) is 10.1 Å². The number of hydrogen-bond donors (Lipinski definition) is 2. The zero-order chi connectivity index (χ0) is 22.7. The topological polar surface area (TPSA) is 75.8 Å². The molecule has 3 aromatic carbocycles. The van der Waals surface area contributed by atoms with Gasteiger partial charge in [0.1, 0.15) is 11.6 Å². The summed E-state index contributed by atoms with van der Waals surface area (Å²) in [7, 11) is 1.62. The maximum absolute atomic E-state index is 13.2. The number of β-lactam (4-membered cyclic amide) rings is 1. The smallest absolute Gasteiger partial charge is 0.233 e. The molecule has 0 unspecified atom stereocenters. The van der Waals surface area contributed by atoms with Gasteiger partial charge in [-0.1, -0.05) is 36.4 Å². The second kappa shape index (κ2) is 9.51. The standard InChI is InChI=1S/C26H27FN2O3/c1-32-22-12-6-19(7-13-22)25-23(14-15-24(30)18-4-8-20(27)9-5-18)26(31)29(25)21-10-2-17(16-28)3-11-21/h2-13,23-25,30H,14-16,28H2,1H3/t23-,24+,25-/m1/s1. The minimum Gasteiger partial charge on any atom is -0.497 e. The minimum absolute atomic E-state index is 0.0256. The highest BCUT2D eigenvalue weighted by Gasteiger charge is 2.48. The van der Waals surface area contributed by atoms with Crippen LogP contribution in [0.2, 0.25) is 0 Å². The fourth-order valence-corrected chi connectivity index (χ4v) is 4.28. The lowest BCUT2D eigenvalue weighted by molar-refractivity contribution is -0.131. The van der Waals surface area contributed by atoms with Gasteiger partial charge in [0.15, 0.2) is 0 Å². The summed E-state index contributed by atoms with van der Waals surface area (Å²) in [5.74, 6) is 0.179. The molecule has 32 heavy (non-hydrogen) atoms. The zero-order valence-electron chi connectivity index (χ0n) is 17.9. The first-order valence-corrected chi connectivity index (χ1v) is 10.7. The molecule has 3 N–H and O–H groups in total. The van der Waals surface area contributed by atoms with Crippen LogP contribution >= 0.6 is 0 Å². The van der Waals surface area contributed by atoms with E-state index in [4.69, 9.17) is 10.5 Å². The van der Waals surface area contributed by atoms with Crippen molar-refractivity contribution in [1.82, 2.24) is 0 Å². The van der Waals surface area contributed by atoms with Crippen molar-refractivity contribution in [3.63, 3.8) is 0 Å². The van der Waals surface area contributed by atoms with E-state index in [9.17, 15) is 14.3 Å². The molecule has 4 rings (SSSR count). The molecule has 1 aliphatic rings. The molecule has 0 radical (unpaired) electrons. The number of nitrogens with two attached hydrogens (primary N) is 1. The summed E-state index contributed by atoms with van der Waals surface area (Å²) in [5.41, 5.74) is 9.18. The van der Waals surface area contributed by atoms with Crippen molar-refractivity contribution < 1.29 is 19.0 Å². The molecule has 0 aliphatic carbocycles. The van der Waals surface area contributed by atoms with Crippen molar-refractivity contribution in [2.24, 2.45) is 11.7 Å². The number of nitrogens with zero attached hydrogens (tertiary/aromatic N) is 1. The quantitative estimate of drug-likeness (QED) is 0.512. The van der Waals surface area contributed by atoms with E-state index in [0.29, 0.717) is 24.9 Å². The van der Waals surface area contributed by atoms with Gasteiger partial charge in [-0.3, -0.25) is 4.79 Å². The maximum atomic E-state index is 13.2. The Balaban J connectivity index is 1.55. The van der Waals surface area contributed by atoms with Gasteiger partial charge in [-0.2, -0.15) is 0 Å². The molecule has 1 aliphatic heterocycles. The molecule has 6 heteroatoms. The first kappa shape index (κ1) is 22.0. The molecule has 1 heterocycles. The third-order valence-corrected chi connectivity index (χ3v) is 6.13. The highest BCUT2D eigenvalue weighted by molar-refractivity contribution is 6.03. The average Bonchev–Trinajstić information content (AvgIpc) is 2.83. The van der Waals surface area contributed by atoms with E-state index >= 15 is 0 Å². The van der Waals surface area contributed by atoms with Crippen LogP contribution in [-0.2, 0) is 11.3 Å². The molecule has 1 fully saturated rings. The van der Waals surface area contributed by atoms with E-state index in [2.05, 4.69) is 0 Å². The summed E-state index contributed by atoms with van der Waals surface area (Å²) >= 11 is 0. The summed E-state index contributed by atoms with van der Waals surface area (Å²) < 4.78 is 18.4. The van der Waals surface area contributed by atoms with E-state index < -0.39 is 6.10 Å². The van der Waals surface area contributed by atoms with Crippen molar-refractivity contribution in [2.75, 3.05) is 12.0 Å². The van der Waals surface area contributed by atoms with Gasteiger partial charge in [-0.25, -0.2) is 4.39 Å². The molecule has 5 nitrogen and oxygen atoms in total. The van der Waals surface area contributed by atoms with Gasteiger partial charge in [-0.05, 0) is 65.9 Å². The number of carbonyl (C=O) groups is 1. The van der Waals surface area contributed by atoms with Gasteiger partial charge in [0.05, 0.1) is 25.2 Å². The second-order valence-corrected chi connectivity index (χ2v) is 8.05. The van der Waals surface area contributed by atoms with E-state index in [0.717, 1.165) is 22.6 Å². The number of halogens is 1. The number of amides is 1. The minimum atomic E-state index is -0.752. The normalized spacial score (nSPS) is 18.9. The van der Waals surface area contributed by atoms with E-state index in [1.54, 1.807) is 24.1 Å². The van der Waals surface area contributed by atoms with E-state index in [1.165, 1.54) is 12.1 Å². The Morgan fingerprint density at radius 3 is 2.28 bits per heavy atom. The van der Waals surface area contributed by atoms with Crippen LogP contribution in [0.1, 0.15) is 41.7 Å². The van der Waals surface area contributed by atoms with Crippen LogP contribution in [0.3, 0.4) is 0 Å². The van der Waals surface area contributed by atoms with E-state index in [1.807, 2.05) is 48.5 Å². The van der Waals surface area contributed by atoms with Crippen molar-refractivity contribution in [1.29, 1.82) is 0 Å². The average molecular weight is 435 g/mol. The monoisotopic (exact) mass is 434 g/mol. The second-order valence-electron chi connectivity index (χ2n) is 8.05. The molecule has 1 saturated heterocycles. The van der Waals surface area contributed by atoms with Gasteiger partial charge in [0.25, 0.3) is 0 Å². The fourth-order valence-electron chi connectivity index (χ4n) is 4.28. The lowest BCUT2D eigenvalue weighted by atomic mass is 9.78. The molecular formula is C26H27FN2O3. The van der Waals surface area contributed by atoms with Crippen LogP contribution in [0, 0.1) is 11.7 Å². The fraction of sp³-hybridized carbons (Fsp3) is 0.269. The van der Waals surface area contributed by atoms with Crippen LogP contribution in [-0.4, -0.2) is 18.1 Å². The Morgan fingerprint density at radius 1 is 1.03 bits per heavy atom. The van der Waals surface area contributed by atoms with Crippen LogP contribution in [0.15, 0.2) is 72.8 Å². The van der Waals surface area contributed by atoms with E-state index in [-0.39, 0.29) is 23.7 Å². The van der Waals surface area contributed by atoms with Crippen LogP contribution in [0.25, 0.3) is 0 Å². The number of rotatable bonds is 8. The Morgan fingerprint density at radius 2 is 1.69 bits per heavy atom. The number of ether oxygens (including phenoxy) is 1. The summed E-state index contributed by atoms with van der Waals surface area (Å²) in [6.45, 7) is 0.444. The van der Waals surface area contributed by atoms with Gasteiger partial charge >= 0.3 is 0 Å². The van der Waals surface area contributed by atoms with Gasteiger partial charge in [-0.15, -0.1) is 0 Å². The molecule has 1 amide bonds. The Labute approximate surface area is 187 Å². The Hall–Kier alpha value is -3.22. The lowest BCUT2D eigenvalue weighted by Gasteiger charge is -2.48. The first-order valence-electron chi connectivity index (χ1n) is 10.7. The largest absolute Gasteiger partial charge is 0.497 e. The SMILES string of the molecule is COc1ccc([C@@H]2[C@@H](CC[C@H](O)c3ccc(F)cc3)C(=O)N2c2ccc(CN)cc2)cc1. The van der Waals surface area contributed by atoms with Crippen molar-refractivity contribution in [3.8, 4) is 5.75 Å². The third-order valence-electron chi connectivity index (χ3n) is 6.13. The molecule has 0 aromatic heterocycles. The first-order chi connectivity index (χ1) is 15.5. The molecule has 166 valence electrons. The highest BCUT2D eigenvalue weighted by Crippen LogP contribution is 2.46. The van der Waals surface area contributed by atoms with Gasteiger partial charge < -0.3 is 20.5 Å². The lowest BCUT2D eigenvalue weighted by Crippen LogP contribution is -2.55. The highest BCUT2D eigenvalue weighted by atomic mass is 19.1. The van der Waals surface area contributed by atoms with Gasteiger partial charge in [0.2, 0.25) is 5.91 Å². The third kappa shape index (κ3) is 4.38. The van der Waals surface area contributed by atoms with Crippen molar-refractivity contribution in [3.05, 3.63) is 95.3 Å². The number of hydrogen-bond acceptors (Lipinski definition) is 4. The molecule has 0 bridgehead atoms. The molecule has 3 aromatic rings. The summed E-state index contributed by atoms with van der Waals surface area (Å²) in [6.07, 6.45) is 0.179.